The van der Waals surface area contributed by atoms with Gasteiger partial charge in [-0.25, -0.2) is 24.1 Å². The van der Waals surface area contributed by atoms with Gasteiger partial charge in [0.2, 0.25) is 17.6 Å². The molecule has 9 rings (SSSR count). The second-order valence-corrected chi connectivity index (χ2v) is 32.1. The quantitative estimate of drug-likeness (QED) is 0.00867. The number of ether oxygens (including phenoxy) is 8. The summed E-state index contributed by atoms with van der Waals surface area (Å²) < 4.78 is 56.8. The minimum Gasteiger partial charge on any atom is -0.459 e. The molecule has 0 radical (unpaired) electrons. The maximum absolute atomic E-state index is 14.7. The van der Waals surface area contributed by atoms with E-state index in [2.05, 4.69) is 35.9 Å². The molecule has 0 spiro atoms. The topological polar surface area (TPSA) is 460 Å². The highest BCUT2D eigenvalue weighted by molar-refractivity contribution is 6.39. The van der Waals surface area contributed by atoms with Crippen LogP contribution in [0.4, 0.5) is 11.8 Å². The first-order chi connectivity index (χ1) is 56.7. The monoisotopic (exact) mass is 1650 g/mol. The Balaban J connectivity index is 0.637. The smallest absolute Gasteiger partial charge is 0.329 e. The molecule has 3 aliphatic heterocycles. The number of allylic oxidation sites excluding steroid dienone is 6. The number of piperidine rings is 1. The number of aryl methyl sites for hydroxylation is 2. The van der Waals surface area contributed by atoms with Crippen molar-refractivity contribution in [2.75, 3.05) is 91.6 Å². The van der Waals surface area contributed by atoms with Crippen LogP contribution in [0, 0.1) is 29.6 Å². The van der Waals surface area contributed by atoms with E-state index in [-0.39, 0.29) is 73.3 Å². The highest BCUT2D eigenvalue weighted by atomic mass is 16.6. The lowest BCUT2D eigenvalue weighted by molar-refractivity contribution is -0.265. The van der Waals surface area contributed by atoms with Crippen LogP contribution in [0.3, 0.4) is 0 Å². The van der Waals surface area contributed by atoms with E-state index in [1.165, 1.54) is 19.3 Å². The molecular formula is C85H126N14O19. The summed E-state index contributed by atoms with van der Waals surface area (Å²) in [6.07, 6.45) is 18.1. The predicted molar refractivity (Wildman–Crippen MR) is 439 cm³/mol. The number of nitrogens with zero attached hydrogens (tertiary/aromatic N) is 9. The highest BCUT2D eigenvalue weighted by Gasteiger charge is 2.53. The Hall–Kier alpha value is -8.61. The van der Waals surface area contributed by atoms with Gasteiger partial charge in [-0.1, -0.05) is 69.4 Å². The third-order valence-corrected chi connectivity index (χ3v) is 22.9. The molecule has 15 atom stereocenters. The van der Waals surface area contributed by atoms with Crippen molar-refractivity contribution in [2.45, 2.75) is 250 Å². The van der Waals surface area contributed by atoms with E-state index >= 15 is 0 Å². The lowest BCUT2D eigenvalue weighted by Gasteiger charge is -2.42. The van der Waals surface area contributed by atoms with Crippen LogP contribution in [0.5, 0.6) is 0 Å². The Kier molecular flexibility index (Phi) is 37.0. The number of rotatable bonds is 34. The maximum Gasteiger partial charge on any atom is 0.329 e. The number of aliphatic hydroxyl groups excluding tert-OH is 2. The number of benzene rings is 1. The summed E-state index contributed by atoms with van der Waals surface area (Å²) in [4.78, 5) is 110. The molecule has 118 heavy (non-hydrogen) atoms. The van der Waals surface area contributed by atoms with E-state index < -0.39 is 95.4 Å². The van der Waals surface area contributed by atoms with Crippen LogP contribution in [-0.2, 0) is 91.0 Å². The SMILES string of the molecule is CO[C@H]1C[C@@H]2CC[C@@H](C)[C@@](O)(O2)C(=O)C(=O)N2CCCC[C@H]2C(=O)O[C@H]([C@H](N)C[C@@H]2CC[C@@H](OCCCCc3cn(CCOCCOCCOCCNC(=O)CCCCC(=O)NCCCCn4nc(-c5ccc6oc(N)nc6c5)c5c(N)ncnc54)nn3)[C@H](OC)C2)CC(=O)[C@H](C)/C=C(\C)[C@@H](O)[C@@H](O)C(=O)[C@H](C)C[C@H](C)/C=C/C=CC=C1C. The number of unbranched alkanes of at least 4 members (excludes halogenated alkanes) is 3. The lowest BCUT2D eigenvalue weighted by atomic mass is 9.80. The fourth-order valence-corrected chi connectivity index (χ4v) is 15.9. The van der Waals surface area contributed by atoms with Gasteiger partial charge in [-0.15, -0.1) is 5.10 Å². The second kappa shape index (κ2) is 46.8. The molecule has 4 aromatic heterocycles. The number of nitrogens with one attached hydrogen (secondary N) is 2. The number of hydrogen-bond donors (Lipinski definition) is 8. The summed E-state index contributed by atoms with van der Waals surface area (Å²) in [6, 6.07) is 3.41. The normalized spacial score (nSPS) is 26.9. The Labute approximate surface area is 690 Å². The molecule has 4 aliphatic rings. The van der Waals surface area contributed by atoms with E-state index in [0.29, 0.717) is 196 Å². The van der Waals surface area contributed by atoms with Gasteiger partial charge in [0, 0.05) is 108 Å². The first kappa shape index (κ1) is 93.3. The standard InChI is InChI=1S/C85H126N14O19/c1-53-20-10-9-11-21-54(2)69(110-7)49-62-29-26-58(6)85(109,118-62)79(106)82(107)98-34-17-14-23-65(98)83(108)116-70(50-66(100)55(3)45-57(5)77(104)78(105)76(103)56(4)44-53)63(86)46-59-27-30-68(71(47-59)111-8)115-37-19-15-22-61-51-97(96-94-61)36-39-113-41-43-114-42-40-112-38-33-90-73(102)25-13-12-24-72(101)89-32-16-18-35-99-81-74(80(87)91-52-92-81)75(95-99)60-28-31-67-64(48-60)93-84(88)117-67/h9-11,20-21,28,31,45,48,51-53,55-56,58-59,62-63,65,68-71,77-78,104-105,109H,12-19,22-27,29-30,32-44,46-47,49-50,86H2,1-8H3,(H2,88,93)(H,89,101)(H,90,102)(H2,87,91,92)/b11-9?,20-10+,54-21?,57-45+/t53-,55-,56-,58-,59+,62+,63-,65+,68-,69+,70+,71-,77-,78+,85-/m1/s1. The number of nitrogen functional groups attached to an aromatic ring is 2. The van der Waals surface area contributed by atoms with Crippen LogP contribution in [0.15, 0.2) is 82.7 Å². The number of methoxy groups -OCH3 is 2. The summed E-state index contributed by atoms with van der Waals surface area (Å²) in [7, 11) is 3.20. The Bertz CT molecular complexity index is 4220. The van der Waals surface area contributed by atoms with Gasteiger partial charge in [-0.2, -0.15) is 10.1 Å². The van der Waals surface area contributed by atoms with Crippen molar-refractivity contribution in [1.82, 2.24) is 55.3 Å². The third kappa shape index (κ3) is 27.2. The molecule has 3 fully saturated rings. The van der Waals surface area contributed by atoms with Gasteiger partial charge in [0.25, 0.3) is 17.7 Å². The maximum atomic E-state index is 14.7. The molecule has 33 nitrogen and oxygen atoms in total. The number of oxazole rings is 1. The fourth-order valence-electron chi connectivity index (χ4n) is 15.9. The summed E-state index contributed by atoms with van der Waals surface area (Å²) in [6.45, 7) is 15.0. The van der Waals surface area contributed by atoms with Crippen LogP contribution in [0.1, 0.15) is 176 Å². The van der Waals surface area contributed by atoms with Gasteiger partial charge < -0.3 is 90.4 Å². The van der Waals surface area contributed by atoms with Crippen LogP contribution in [0.25, 0.3) is 33.4 Å². The predicted octanol–water partition coefficient (Wildman–Crippen LogP) is 7.29. The van der Waals surface area contributed by atoms with Crippen molar-refractivity contribution in [1.29, 1.82) is 0 Å². The van der Waals surface area contributed by atoms with E-state index in [4.69, 9.17) is 64.6 Å². The highest BCUT2D eigenvalue weighted by Crippen LogP contribution is 2.39. The number of Topliss-reactive ketones (excluding diaryl/α,β-unsaturated/α-hetero) is 3. The zero-order valence-corrected chi connectivity index (χ0v) is 69.9. The molecule has 33 heteroatoms. The first-order valence-electron chi connectivity index (χ1n) is 42.1. The lowest BCUT2D eigenvalue weighted by Crippen LogP contribution is -2.61. The van der Waals surface area contributed by atoms with Crippen LogP contribution < -0.4 is 27.8 Å². The number of aromatic nitrogens is 8. The number of esters is 1. The fraction of sp³-hybridized carbons (Fsp3) is 0.659. The Morgan fingerprint density at radius 3 is 2.26 bits per heavy atom. The zero-order chi connectivity index (χ0) is 84.8. The minimum atomic E-state index is -2.49. The molecule has 1 saturated carbocycles. The van der Waals surface area contributed by atoms with Gasteiger partial charge in [0.15, 0.2) is 17.0 Å². The first-order valence-corrected chi connectivity index (χ1v) is 42.1. The van der Waals surface area contributed by atoms with Gasteiger partial charge >= 0.3 is 5.97 Å². The molecule has 1 aliphatic carbocycles. The third-order valence-electron chi connectivity index (χ3n) is 22.9. The molecule has 650 valence electrons. The minimum absolute atomic E-state index is 0.0234. The summed E-state index contributed by atoms with van der Waals surface area (Å²) in [5, 5.41) is 54.5. The molecule has 7 heterocycles. The molecule has 2 bridgehead atoms. The summed E-state index contributed by atoms with van der Waals surface area (Å²) in [5.41, 5.74) is 24.2. The van der Waals surface area contributed by atoms with Crippen LogP contribution >= 0.6 is 0 Å². The molecule has 2 saturated heterocycles. The molecule has 0 unspecified atom stereocenters. The van der Waals surface area contributed by atoms with Crippen molar-refractivity contribution in [3.63, 3.8) is 0 Å². The van der Waals surface area contributed by atoms with E-state index in [1.807, 2.05) is 62.6 Å². The number of nitrogens with two attached hydrogens (primary N) is 3. The summed E-state index contributed by atoms with van der Waals surface area (Å²) in [5.74, 6) is -8.77. The number of hydrogen-bond acceptors (Lipinski definition) is 28. The Morgan fingerprint density at radius 1 is 0.763 bits per heavy atom. The average Bonchev–Trinajstić information content (AvgIpc) is 1.54. The van der Waals surface area contributed by atoms with Gasteiger partial charge in [0.1, 0.15) is 53.5 Å². The number of anilines is 2. The van der Waals surface area contributed by atoms with Gasteiger partial charge in [-0.05, 0) is 164 Å². The number of amides is 3. The number of aliphatic hydroxyl groups is 3. The largest absolute Gasteiger partial charge is 0.459 e. The number of fused-ring (bicyclic) bond motifs is 5. The zero-order valence-electron chi connectivity index (χ0n) is 69.9. The van der Waals surface area contributed by atoms with Crippen molar-refractivity contribution in [3.05, 3.63) is 84.0 Å². The van der Waals surface area contributed by atoms with Crippen molar-refractivity contribution >= 4 is 75.0 Å². The second-order valence-electron chi connectivity index (χ2n) is 32.1. The van der Waals surface area contributed by atoms with Gasteiger partial charge in [0.05, 0.1) is 81.7 Å². The van der Waals surface area contributed by atoms with E-state index in [9.17, 15) is 48.9 Å². The van der Waals surface area contributed by atoms with Crippen molar-refractivity contribution < 1.29 is 91.2 Å². The molecule has 1 aromatic carbocycles. The van der Waals surface area contributed by atoms with E-state index in [0.717, 1.165) is 47.4 Å². The molecule has 11 N–H and O–H groups in total. The summed E-state index contributed by atoms with van der Waals surface area (Å²) >= 11 is 0. The molecular weight excluding hydrogens is 1520 g/mol. The average molecular weight is 1650 g/mol. The van der Waals surface area contributed by atoms with Crippen LogP contribution in [-0.4, -0.2) is 242 Å². The van der Waals surface area contributed by atoms with Crippen molar-refractivity contribution in [3.8, 4) is 11.3 Å². The number of carbonyl (C=O) groups excluding carboxylic acids is 7. The molecule has 3 amide bonds. The number of cyclic esters (lactones) is 1. The van der Waals surface area contributed by atoms with Crippen LogP contribution in [0.2, 0.25) is 0 Å². The number of ketones is 3. The van der Waals surface area contributed by atoms with E-state index in [1.54, 1.807) is 50.4 Å². The Morgan fingerprint density at radius 2 is 1.51 bits per heavy atom. The van der Waals surface area contributed by atoms with Crippen molar-refractivity contribution in [2.24, 2.45) is 35.3 Å². The molecule has 5 aromatic rings. The van der Waals surface area contributed by atoms with Gasteiger partial charge in [-0.3, -0.25) is 28.8 Å². The number of carbonyl (C=O) groups is 7.